The number of amides is 1. The van der Waals surface area contributed by atoms with Gasteiger partial charge in [0.2, 0.25) is 5.91 Å². The number of carbonyl (C=O) groups excluding carboxylic acids is 1. The molecule has 0 aliphatic heterocycles. The zero-order chi connectivity index (χ0) is 20.1. The maximum Gasteiger partial charge on any atom is 0.226 e. The molecular formula is C23H26N2O2S. The van der Waals surface area contributed by atoms with Gasteiger partial charge < -0.3 is 10.1 Å². The van der Waals surface area contributed by atoms with Crippen molar-refractivity contribution in [3.63, 3.8) is 0 Å². The van der Waals surface area contributed by atoms with E-state index in [9.17, 15) is 4.79 Å². The number of nitrogens with one attached hydrogen (secondary N) is 1. The summed E-state index contributed by atoms with van der Waals surface area (Å²) < 4.78 is 5.81. The minimum atomic E-state index is -0.0365. The fourth-order valence-electron chi connectivity index (χ4n) is 2.84. The van der Waals surface area contributed by atoms with Gasteiger partial charge in [-0.3, -0.25) is 4.79 Å². The molecule has 1 heterocycles. The minimum absolute atomic E-state index is 0.0365. The van der Waals surface area contributed by atoms with E-state index in [0.29, 0.717) is 24.6 Å². The molecule has 0 atom stereocenters. The molecule has 0 fully saturated rings. The number of hydrogen-bond donors (Lipinski definition) is 1. The molecule has 0 radical (unpaired) electrons. The van der Waals surface area contributed by atoms with E-state index in [2.05, 4.69) is 55.3 Å². The van der Waals surface area contributed by atoms with Crippen LogP contribution < -0.4 is 10.1 Å². The topological polar surface area (TPSA) is 51.2 Å². The number of anilines is 1. The molecule has 146 valence electrons. The third-order valence-electron chi connectivity index (χ3n) is 4.91. The largest absolute Gasteiger partial charge is 0.493 e. The van der Waals surface area contributed by atoms with Crippen LogP contribution in [0.2, 0.25) is 0 Å². The van der Waals surface area contributed by atoms with Gasteiger partial charge in [0.25, 0.3) is 0 Å². The molecule has 5 heteroatoms. The Hall–Kier alpha value is -2.66. The summed E-state index contributed by atoms with van der Waals surface area (Å²) in [4.78, 5) is 16.7. The van der Waals surface area contributed by atoms with E-state index >= 15 is 0 Å². The molecule has 3 aromatic rings. The molecule has 0 unspecified atom stereocenters. The lowest BCUT2D eigenvalue weighted by molar-refractivity contribution is -0.116. The highest BCUT2D eigenvalue weighted by Gasteiger charge is 2.09. The van der Waals surface area contributed by atoms with Crippen molar-refractivity contribution in [1.82, 2.24) is 4.98 Å². The molecule has 28 heavy (non-hydrogen) atoms. The number of nitrogens with zero attached hydrogens (tertiary/aromatic N) is 1. The van der Waals surface area contributed by atoms with E-state index in [4.69, 9.17) is 4.74 Å². The van der Waals surface area contributed by atoms with Crippen molar-refractivity contribution in [3.8, 4) is 17.0 Å². The van der Waals surface area contributed by atoms with Crippen molar-refractivity contribution in [2.24, 2.45) is 0 Å². The van der Waals surface area contributed by atoms with Crippen LogP contribution in [0, 0.1) is 27.7 Å². The van der Waals surface area contributed by atoms with Gasteiger partial charge in [-0.15, -0.1) is 11.3 Å². The first-order valence-corrected chi connectivity index (χ1v) is 10.3. The Balaban J connectivity index is 1.48. The number of rotatable bonds is 7. The number of carbonyl (C=O) groups is 1. The average Bonchev–Trinajstić information content (AvgIpc) is 3.12. The van der Waals surface area contributed by atoms with Crippen LogP contribution >= 0.6 is 11.3 Å². The van der Waals surface area contributed by atoms with Crippen LogP contribution in [0.3, 0.4) is 0 Å². The standard InChI is InChI=1S/C23H26N2O2S/c1-15-10-11-19(13-17(15)3)20-14-28-23(24-20)25-22(26)9-6-12-27-21-8-5-7-16(2)18(21)4/h5,7-8,10-11,13-14H,6,9,12H2,1-4H3,(H,24,25,26). The first-order chi connectivity index (χ1) is 13.4. The molecule has 1 aromatic heterocycles. The van der Waals surface area contributed by atoms with Crippen molar-refractivity contribution < 1.29 is 9.53 Å². The van der Waals surface area contributed by atoms with Gasteiger partial charge in [-0.25, -0.2) is 4.98 Å². The van der Waals surface area contributed by atoms with Crippen LogP contribution in [-0.4, -0.2) is 17.5 Å². The van der Waals surface area contributed by atoms with E-state index in [1.54, 1.807) is 0 Å². The zero-order valence-electron chi connectivity index (χ0n) is 16.8. The number of ether oxygens (including phenoxy) is 1. The zero-order valence-corrected chi connectivity index (χ0v) is 17.7. The molecule has 0 aliphatic rings. The second-order valence-electron chi connectivity index (χ2n) is 7.04. The molecule has 0 aliphatic carbocycles. The Bertz CT molecular complexity index is 978. The van der Waals surface area contributed by atoms with Crippen LogP contribution in [-0.2, 0) is 4.79 Å². The summed E-state index contributed by atoms with van der Waals surface area (Å²) in [6, 6.07) is 12.3. The number of hydrogen-bond acceptors (Lipinski definition) is 4. The Kier molecular flexibility index (Phi) is 6.47. The molecule has 1 N–H and O–H groups in total. The van der Waals surface area contributed by atoms with E-state index in [1.807, 2.05) is 24.4 Å². The first kappa shape index (κ1) is 20.1. The lowest BCUT2D eigenvalue weighted by atomic mass is 10.1. The van der Waals surface area contributed by atoms with Gasteiger partial charge in [-0.2, -0.15) is 0 Å². The Morgan fingerprint density at radius 2 is 1.89 bits per heavy atom. The number of benzene rings is 2. The van der Waals surface area contributed by atoms with Gasteiger partial charge in [-0.1, -0.05) is 24.3 Å². The molecule has 4 nitrogen and oxygen atoms in total. The Morgan fingerprint density at radius 1 is 1.07 bits per heavy atom. The highest BCUT2D eigenvalue weighted by Crippen LogP contribution is 2.26. The predicted octanol–water partition coefficient (Wildman–Crippen LogP) is 5.84. The molecule has 0 saturated heterocycles. The van der Waals surface area contributed by atoms with Crippen LogP contribution in [0.15, 0.2) is 41.8 Å². The van der Waals surface area contributed by atoms with Gasteiger partial charge in [0.1, 0.15) is 5.75 Å². The van der Waals surface area contributed by atoms with Gasteiger partial charge in [0.15, 0.2) is 5.13 Å². The molecule has 1 amide bonds. The Morgan fingerprint density at radius 3 is 2.68 bits per heavy atom. The van der Waals surface area contributed by atoms with Crippen molar-refractivity contribution in [2.45, 2.75) is 40.5 Å². The molecule has 0 spiro atoms. The summed E-state index contributed by atoms with van der Waals surface area (Å²) in [6.45, 7) is 8.82. The highest BCUT2D eigenvalue weighted by molar-refractivity contribution is 7.14. The summed E-state index contributed by atoms with van der Waals surface area (Å²) in [6.07, 6.45) is 1.07. The van der Waals surface area contributed by atoms with Gasteiger partial charge in [0, 0.05) is 17.4 Å². The Labute approximate surface area is 170 Å². The lowest BCUT2D eigenvalue weighted by Gasteiger charge is -2.10. The molecule has 0 saturated carbocycles. The fourth-order valence-corrected chi connectivity index (χ4v) is 3.58. The second-order valence-corrected chi connectivity index (χ2v) is 7.89. The number of aryl methyl sites for hydroxylation is 3. The summed E-state index contributed by atoms with van der Waals surface area (Å²) in [5.74, 6) is 0.851. The first-order valence-electron chi connectivity index (χ1n) is 9.46. The van der Waals surface area contributed by atoms with Gasteiger partial charge in [-0.05, 0) is 68.5 Å². The van der Waals surface area contributed by atoms with Crippen molar-refractivity contribution >= 4 is 22.4 Å². The second kappa shape index (κ2) is 9.02. The van der Waals surface area contributed by atoms with E-state index < -0.39 is 0 Å². The molecule has 3 rings (SSSR count). The van der Waals surface area contributed by atoms with E-state index in [1.165, 1.54) is 28.0 Å². The third-order valence-corrected chi connectivity index (χ3v) is 5.67. The lowest BCUT2D eigenvalue weighted by Crippen LogP contribution is -2.12. The molecule has 2 aromatic carbocycles. The normalized spacial score (nSPS) is 10.7. The summed E-state index contributed by atoms with van der Waals surface area (Å²) >= 11 is 1.45. The fraction of sp³-hybridized carbons (Fsp3) is 0.304. The van der Waals surface area contributed by atoms with E-state index in [0.717, 1.165) is 22.6 Å². The predicted molar refractivity (Wildman–Crippen MR) is 116 cm³/mol. The summed E-state index contributed by atoms with van der Waals surface area (Å²) in [5.41, 5.74) is 6.81. The van der Waals surface area contributed by atoms with Crippen LogP contribution in [0.25, 0.3) is 11.3 Å². The highest BCUT2D eigenvalue weighted by atomic mass is 32.1. The molecule has 0 bridgehead atoms. The van der Waals surface area contributed by atoms with Crippen LogP contribution in [0.5, 0.6) is 5.75 Å². The van der Waals surface area contributed by atoms with Gasteiger partial charge >= 0.3 is 0 Å². The van der Waals surface area contributed by atoms with E-state index in [-0.39, 0.29) is 5.91 Å². The van der Waals surface area contributed by atoms with Crippen LogP contribution in [0.4, 0.5) is 5.13 Å². The third kappa shape index (κ3) is 4.98. The number of aromatic nitrogens is 1. The monoisotopic (exact) mass is 394 g/mol. The average molecular weight is 395 g/mol. The smallest absolute Gasteiger partial charge is 0.226 e. The summed E-state index contributed by atoms with van der Waals surface area (Å²) in [7, 11) is 0. The van der Waals surface area contributed by atoms with Crippen molar-refractivity contribution in [3.05, 3.63) is 64.0 Å². The van der Waals surface area contributed by atoms with Gasteiger partial charge in [0.05, 0.1) is 12.3 Å². The summed E-state index contributed by atoms with van der Waals surface area (Å²) in [5, 5.41) is 5.50. The van der Waals surface area contributed by atoms with Crippen LogP contribution in [0.1, 0.15) is 35.1 Å². The quantitative estimate of drug-likeness (QED) is 0.512. The van der Waals surface area contributed by atoms with Crippen molar-refractivity contribution in [1.29, 1.82) is 0 Å². The maximum absolute atomic E-state index is 12.2. The molecular weight excluding hydrogens is 368 g/mol. The maximum atomic E-state index is 12.2. The minimum Gasteiger partial charge on any atom is -0.493 e. The number of thiazole rings is 1. The van der Waals surface area contributed by atoms with Crippen molar-refractivity contribution in [2.75, 3.05) is 11.9 Å². The SMILES string of the molecule is Cc1ccc(-c2csc(NC(=O)CCCOc3cccc(C)c3C)n2)cc1C.